The van der Waals surface area contributed by atoms with E-state index in [-0.39, 0.29) is 5.96 Å². The lowest BCUT2D eigenvalue weighted by Gasteiger charge is -2.45. The van der Waals surface area contributed by atoms with Crippen LogP contribution in [-0.2, 0) is 0 Å². The van der Waals surface area contributed by atoms with Gasteiger partial charge in [-0.3, -0.25) is 0 Å². The lowest BCUT2D eigenvalue weighted by atomic mass is 10.0. The van der Waals surface area contributed by atoms with Crippen LogP contribution in [0.15, 0.2) is 4.99 Å². The maximum Gasteiger partial charge on any atom is 0.186 e. The van der Waals surface area contributed by atoms with Crippen molar-refractivity contribution < 1.29 is 4.48 Å². The molecule has 1 atom stereocenters. The van der Waals surface area contributed by atoms with Gasteiger partial charge in [0.15, 0.2) is 5.96 Å². The molecule has 5 N–H and O–H groups in total. The van der Waals surface area contributed by atoms with E-state index in [0.717, 1.165) is 24.1 Å². The zero-order chi connectivity index (χ0) is 16.1. The van der Waals surface area contributed by atoms with Crippen LogP contribution >= 0.6 is 0 Å². The summed E-state index contributed by atoms with van der Waals surface area (Å²) in [5.41, 5.74) is 11.1. The molecule has 0 aromatic rings. The molecule has 0 saturated carbocycles. The topological polar surface area (TPSA) is 76.4 Å². The molecule has 1 unspecified atom stereocenters. The van der Waals surface area contributed by atoms with E-state index < -0.39 is 0 Å². The zero-order valence-electron chi connectivity index (χ0n) is 14.7. The van der Waals surface area contributed by atoms with E-state index in [1.165, 1.54) is 45.2 Å². The van der Waals surface area contributed by atoms with Crippen molar-refractivity contribution in [2.75, 3.05) is 39.8 Å². The standard InChI is InChI=1S/C16H38N5/c1-5-8-9-15(14-20-16(17)18)21(11-6-2,12-7-3)13-10-19-4/h15,19H,5-14H2,1-4H3,(H4,17,18,20)/q+1. The Morgan fingerprint density at radius 2 is 1.67 bits per heavy atom. The van der Waals surface area contributed by atoms with Crippen molar-refractivity contribution in [2.45, 2.75) is 58.9 Å². The number of guanidine groups is 1. The van der Waals surface area contributed by atoms with E-state index in [9.17, 15) is 0 Å². The van der Waals surface area contributed by atoms with Gasteiger partial charge in [-0.1, -0.05) is 27.2 Å². The fourth-order valence-corrected chi connectivity index (χ4v) is 3.30. The van der Waals surface area contributed by atoms with Gasteiger partial charge in [0.05, 0.1) is 26.2 Å². The number of aliphatic imine (C=N–C) groups is 1. The molecule has 0 saturated heterocycles. The van der Waals surface area contributed by atoms with Crippen LogP contribution in [0.5, 0.6) is 0 Å². The summed E-state index contributed by atoms with van der Waals surface area (Å²) in [5, 5.41) is 3.31. The van der Waals surface area contributed by atoms with Crippen molar-refractivity contribution in [1.82, 2.24) is 5.32 Å². The highest BCUT2D eigenvalue weighted by atomic mass is 15.4. The van der Waals surface area contributed by atoms with Gasteiger partial charge < -0.3 is 21.3 Å². The first-order chi connectivity index (χ1) is 10.1. The van der Waals surface area contributed by atoms with Crippen molar-refractivity contribution in [3.05, 3.63) is 0 Å². The smallest absolute Gasteiger partial charge is 0.186 e. The second-order valence-corrected chi connectivity index (χ2v) is 6.05. The third-order valence-corrected chi connectivity index (χ3v) is 4.30. The first-order valence-corrected chi connectivity index (χ1v) is 8.62. The van der Waals surface area contributed by atoms with Gasteiger partial charge in [0.1, 0.15) is 6.04 Å². The van der Waals surface area contributed by atoms with E-state index in [4.69, 9.17) is 11.5 Å². The fourth-order valence-electron chi connectivity index (χ4n) is 3.30. The summed E-state index contributed by atoms with van der Waals surface area (Å²) in [6, 6.07) is 0.528. The molecule has 0 aromatic heterocycles. The second-order valence-electron chi connectivity index (χ2n) is 6.05. The highest BCUT2D eigenvalue weighted by Gasteiger charge is 2.34. The first-order valence-electron chi connectivity index (χ1n) is 8.62. The summed E-state index contributed by atoms with van der Waals surface area (Å²) >= 11 is 0. The number of nitrogens with one attached hydrogen (secondary N) is 1. The number of hydrogen-bond acceptors (Lipinski definition) is 2. The second kappa shape index (κ2) is 11.8. The van der Waals surface area contributed by atoms with Gasteiger partial charge in [0.25, 0.3) is 0 Å². The molecular formula is C16H38N5+. The van der Waals surface area contributed by atoms with Crippen LogP contribution in [0, 0.1) is 0 Å². The predicted octanol–water partition coefficient (Wildman–Crippen LogP) is 1.67. The van der Waals surface area contributed by atoms with Gasteiger partial charge in [0.2, 0.25) is 0 Å². The Kier molecular flexibility index (Phi) is 11.4. The van der Waals surface area contributed by atoms with Gasteiger partial charge in [-0.25, -0.2) is 4.99 Å². The molecule has 0 aromatic carbocycles. The third kappa shape index (κ3) is 7.67. The summed E-state index contributed by atoms with van der Waals surface area (Å²) in [4.78, 5) is 4.35. The van der Waals surface area contributed by atoms with Crippen molar-refractivity contribution in [1.29, 1.82) is 0 Å². The SMILES string of the molecule is CCCCC(CN=C(N)N)[N+](CCC)(CCC)CCNC. The van der Waals surface area contributed by atoms with Crippen LogP contribution in [0.1, 0.15) is 52.9 Å². The van der Waals surface area contributed by atoms with Gasteiger partial charge in [-0.15, -0.1) is 0 Å². The summed E-state index contributed by atoms with van der Waals surface area (Å²) < 4.78 is 1.14. The number of likely N-dealkylation sites (N-methyl/N-ethyl adjacent to an activating group) is 1. The summed E-state index contributed by atoms with van der Waals surface area (Å²) in [5.74, 6) is 0.219. The molecule has 21 heavy (non-hydrogen) atoms. The highest BCUT2D eigenvalue weighted by Crippen LogP contribution is 2.21. The lowest BCUT2D eigenvalue weighted by Crippen LogP contribution is -2.60. The quantitative estimate of drug-likeness (QED) is 0.275. The molecule has 0 aliphatic rings. The van der Waals surface area contributed by atoms with Crippen molar-refractivity contribution in [3.8, 4) is 0 Å². The number of quaternary nitrogens is 1. The molecule has 0 aliphatic heterocycles. The number of rotatable bonds is 13. The Morgan fingerprint density at radius 1 is 1.05 bits per heavy atom. The molecule has 0 fully saturated rings. The molecule has 5 heteroatoms. The number of unbranched alkanes of at least 4 members (excludes halogenated alkanes) is 1. The maximum atomic E-state index is 5.57. The van der Waals surface area contributed by atoms with Gasteiger partial charge in [-0.05, 0) is 26.3 Å². The Bertz CT molecular complexity index is 268. The van der Waals surface area contributed by atoms with Gasteiger partial charge >= 0.3 is 0 Å². The molecule has 0 radical (unpaired) electrons. The predicted molar refractivity (Wildman–Crippen MR) is 93.4 cm³/mol. The molecule has 126 valence electrons. The number of nitrogens with zero attached hydrogens (tertiary/aromatic N) is 2. The molecule has 0 bridgehead atoms. The average Bonchev–Trinajstić information content (AvgIpc) is 2.45. The molecule has 0 amide bonds. The summed E-state index contributed by atoms with van der Waals surface area (Å²) in [7, 11) is 2.03. The molecule has 0 heterocycles. The van der Waals surface area contributed by atoms with E-state index in [1.807, 2.05) is 7.05 Å². The van der Waals surface area contributed by atoms with Crippen LogP contribution in [-0.4, -0.2) is 56.3 Å². The minimum atomic E-state index is 0.219. The molecule has 0 rings (SSSR count). The zero-order valence-corrected chi connectivity index (χ0v) is 14.7. The highest BCUT2D eigenvalue weighted by molar-refractivity contribution is 5.75. The van der Waals surface area contributed by atoms with Crippen LogP contribution in [0.25, 0.3) is 0 Å². The van der Waals surface area contributed by atoms with Crippen LogP contribution in [0.3, 0.4) is 0 Å². The van der Waals surface area contributed by atoms with E-state index >= 15 is 0 Å². The van der Waals surface area contributed by atoms with Crippen molar-refractivity contribution >= 4 is 5.96 Å². The minimum Gasteiger partial charge on any atom is -0.370 e. The average molecular weight is 301 g/mol. The summed E-state index contributed by atoms with van der Waals surface area (Å²) in [6.45, 7) is 12.2. The van der Waals surface area contributed by atoms with E-state index in [0.29, 0.717) is 6.04 Å². The Labute approximate surface area is 131 Å². The first kappa shape index (κ1) is 20.2. The van der Waals surface area contributed by atoms with Crippen LogP contribution in [0.2, 0.25) is 0 Å². The lowest BCUT2D eigenvalue weighted by molar-refractivity contribution is -0.949. The maximum absolute atomic E-state index is 5.57. The largest absolute Gasteiger partial charge is 0.370 e. The number of nitrogens with two attached hydrogens (primary N) is 2. The number of hydrogen-bond donors (Lipinski definition) is 3. The van der Waals surface area contributed by atoms with Gasteiger partial charge in [0, 0.05) is 13.0 Å². The van der Waals surface area contributed by atoms with Gasteiger partial charge in [-0.2, -0.15) is 0 Å². The monoisotopic (exact) mass is 300 g/mol. The van der Waals surface area contributed by atoms with Crippen LogP contribution in [0.4, 0.5) is 0 Å². The van der Waals surface area contributed by atoms with Crippen LogP contribution < -0.4 is 16.8 Å². The minimum absolute atomic E-state index is 0.219. The normalized spacial score (nSPS) is 13.1. The van der Waals surface area contributed by atoms with Crippen molar-refractivity contribution in [2.24, 2.45) is 16.5 Å². The fraction of sp³-hybridized carbons (Fsp3) is 0.938. The van der Waals surface area contributed by atoms with E-state index in [2.05, 4.69) is 31.1 Å². The molecule has 5 nitrogen and oxygen atoms in total. The van der Waals surface area contributed by atoms with E-state index in [1.54, 1.807) is 0 Å². The Morgan fingerprint density at radius 3 is 2.10 bits per heavy atom. The molecule has 0 spiro atoms. The molecular weight excluding hydrogens is 262 g/mol. The third-order valence-electron chi connectivity index (χ3n) is 4.30. The molecule has 0 aliphatic carbocycles. The Hall–Kier alpha value is -0.810. The van der Waals surface area contributed by atoms with Crippen molar-refractivity contribution in [3.63, 3.8) is 0 Å². The summed E-state index contributed by atoms with van der Waals surface area (Å²) in [6.07, 6.45) is 6.08. The Balaban J connectivity index is 5.20.